The maximum Gasteiger partial charge on any atom is 0.344 e. The number of methoxy groups -OCH3 is 2. The largest absolute Gasteiger partial charge is 0.481 e. The smallest absolute Gasteiger partial charge is 0.344 e. The maximum absolute atomic E-state index is 11.6. The molecule has 1 unspecified atom stereocenters. The predicted molar refractivity (Wildman–Crippen MR) is 93.3 cm³/mol. The molecule has 0 aliphatic carbocycles. The predicted octanol–water partition coefficient (Wildman–Crippen LogP) is 3.45. The van der Waals surface area contributed by atoms with Crippen LogP contribution in [-0.4, -0.2) is 42.0 Å². The summed E-state index contributed by atoms with van der Waals surface area (Å²) in [5.74, 6) is 0.347. The molecular formula is C15H21BrN2O4S. The normalized spacial score (nSPS) is 12.4. The van der Waals surface area contributed by atoms with Crippen LogP contribution in [0.25, 0.3) is 0 Å². The van der Waals surface area contributed by atoms with Crippen LogP contribution in [0.3, 0.4) is 0 Å². The first kappa shape index (κ1) is 19.8. The monoisotopic (exact) mass is 404 g/mol. The molecule has 0 N–H and O–H groups in total. The van der Waals surface area contributed by atoms with E-state index in [1.165, 1.54) is 26.0 Å². The first-order chi connectivity index (χ1) is 10.7. The second-order valence-corrected chi connectivity index (χ2v) is 7.84. The van der Waals surface area contributed by atoms with Crippen molar-refractivity contribution in [3.8, 4) is 11.8 Å². The number of carbonyl (C=O) groups excluding carboxylic acids is 1. The lowest BCUT2D eigenvalue weighted by atomic mass is 9.92. The molecule has 0 spiro atoms. The lowest BCUT2D eigenvalue weighted by molar-refractivity contribution is -0.138. The molecule has 1 rings (SSSR count). The molecule has 0 saturated heterocycles. The van der Waals surface area contributed by atoms with Gasteiger partial charge in [-0.25, -0.2) is 4.79 Å². The molecule has 23 heavy (non-hydrogen) atoms. The van der Waals surface area contributed by atoms with Crippen LogP contribution in [-0.2, 0) is 9.53 Å². The van der Waals surface area contributed by atoms with Crippen LogP contribution in [0, 0.1) is 5.41 Å². The maximum atomic E-state index is 11.6. The minimum Gasteiger partial charge on any atom is -0.481 e. The third kappa shape index (κ3) is 6.39. The molecule has 1 heterocycles. The van der Waals surface area contributed by atoms with Gasteiger partial charge in [0.2, 0.25) is 11.8 Å². The van der Waals surface area contributed by atoms with E-state index < -0.39 is 5.97 Å². The molecule has 8 heteroatoms. The molecule has 6 nitrogen and oxygen atoms in total. The minimum absolute atomic E-state index is 0.0601. The van der Waals surface area contributed by atoms with E-state index >= 15 is 0 Å². The molecule has 0 bridgehead atoms. The molecule has 1 aromatic heterocycles. The zero-order valence-corrected chi connectivity index (χ0v) is 16.3. The summed E-state index contributed by atoms with van der Waals surface area (Å²) >= 11 is 4.42. The Balaban J connectivity index is 2.93. The van der Waals surface area contributed by atoms with Crippen molar-refractivity contribution in [3.05, 3.63) is 17.1 Å². The van der Waals surface area contributed by atoms with Gasteiger partial charge in [-0.3, -0.25) is 0 Å². The Morgan fingerprint density at radius 1 is 1.30 bits per heavy atom. The molecular weight excluding hydrogens is 384 g/mol. The first-order valence-electron chi connectivity index (χ1n) is 6.82. The van der Waals surface area contributed by atoms with Crippen molar-refractivity contribution in [2.75, 3.05) is 20.8 Å². The average molecular weight is 405 g/mol. The van der Waals surface area contributed by atoms with Crippen molar-refractivity contribution < 1.29 is 19.0 Å². The number of nitrogens with zero attached hydrogens (tertiary/aromatic N) is 2. The SMILES string of the molecule is C=C(Br)C(=O)OCC(Sc1nc(OC)cc(OC)n1)C(C)(C)C. The zero-order valence-electron chi connectivity index (χ0n) is 13.9. The third-order valence-electron chi connectivity index (χ3n) is 2.88. The highest BCUT2D eigenvalue weighted by atomic mass is 79.9. The fourth-order valence-electron chi connectivity index (χ4n) is 1.46. The Morgan fingerprint density at radius 3 is 2.22 bits per heavy atom. The van der Waals surface area contributed by atoms with Gasteiger partial charge in [-0.1, -0.05) is 39.1 Å². The van der Waals surface area contributed by atoms with Gasteiger partial charge in [0.15, 0.2) is 5.16 Å². The van der Waals surface area contributed by atoms with Gasteiger partial charge < -0.3 is 14.2 Å². The van der Waals surface area contributed by atoms with Crippen LogP contribution in [0.15, 0.2) is 22.3 Å². The average Bonchev–Trinajstić information content (AvgIpc) is 2.49. The Hall–Kier alpha value is -1.28. The van der Waals surface area contributed by atoms with Crippen molar-refractivity contribution in [3.63, 3.8) is 0 Å². The van der Waals surface area contributed by atoms with Crippen molar-refractivity contribution in [2.24, 2.45) is 5.41 Å². The van der Waals surface area contributed by atoms with Crippen LogP contribution in [0.2, 0.25) is 0 Å². The summed E-state index contributed by atoms with van der Waals surface area (Å²) < 4.78 is 15.7. The number of hydrogen-bond acceptors (Lipinski definition) is 7. The third-order valence-corrected chi connectivity index (χ3v) is 4.72. The van der Waals surface area contributed by atoms with Crippen molar-refractivity contribution in [1.29, 1.82) is 0 Å². The zero-order chi connectivity index (χ0) is 17.6. The number of carbonyl (C=O) groups is 1. The quantitative estimate of drug-likeness (QED) is 0.298. The van der Waals surface area contributed by atoms with Crippen molar-refractivity contribution in [2.45, 2.75) is 31.2 Å². The highest BCUT2D eigenvalue weighted by Crippen LogP contribution is 2.35. The number of rotatable bonds is 7. The summed E-state index contributed by atoms with van der Waals surface area (Å²) in [4.78, 5) is 20.2. The fourth-order valence-corrected chi connectivity index (χ4v) is 2.61. The van der Waals surface area contributed by atoms with Gasteiger partial charge in [0.05, 0.1) is 30.0 Å². The second kappa shape index (κ2) is 8.54. The van der Waals surface area contributed by atoms with Crippen LogP contribution >= 0.6 is 27.7 Å². The Labute approximate surface area is 149 Å². The van der Waals surface area contributed by atoms with Crippen LogP contribution in [0.1, 0.15) is 20.8 Å². The van der Waals surface area contributed by atoms with Crippen LogP contribution < -0.4 is 9.47 Å². The first-order valence-corrected chi connectivity index (χ1v) is 8.50. The Morgan fingerprint density at radius 2 is 1.83 bits per heavy atom. The van der Waals surface area contributed by atoms with E-state index in [2.05, 4.69) is 53.2 Å². The topological polar surface area (TPSA) is 70.5 Å². The minimum atomic E-state index is -0.482. The lowest BCUT2D eigenvalue weighted by Gasteiger charge is -2.29. The highest BCUT2D eigenvalue weighted by molar-refractivity contribution is 9.12. The summed E-state index contributed by atoms with van der Waals surface area (Å²) in [5, 5.41) is 0.435. The van der Waals surface area contributed by atoms with Gasteiger partial charge >= 0.3 is 5.97 Å². The van der Waals surface area contributed by atoms with Gasteiger partial charge in [-0.05, 0) is 21.3 Å². The fraction of sp³-hybridized carbons (Fsp3) is 0.533. The number of halogens is 1. The molecule has 1 atom stereocenters. The lowest BCUT2D eigenvalue weighted by Crippen LogP contribution is -2.29. The van der Waals surface area contributed by atoms with E-state index in [0.29, 0.717) is 16.9 Å². The molecule has 0 fully saturated rings. The van der Waals surface area contributed by atoms with Gasteiger partial charge in [0, 0.05) is 0 Å². The van der Waals surface area contributed by atoms with E-state index in [0.717, 1.165) is 0 Å². The van der Waals surface area contributed by atoms with Crippen molar-refractivity contribution in [1.82, 2.24) is 9.97 Å². The number of hydrogen-bond donors (Lipinski definition) is 0. The summed E-state index contributed by atoms with van der Waals surface area (Å²) in [5.41, 5.74) is -0.141. The molecule has 0 aromatic carbocycles. The second-order valence-electron chi connectivity index (χ2n) is 5.71. The molecule has 1 aromatic rings. The molecule has 0 aliphatic rings. The molecule has 0 saturated carbocycles. The standard InChI is InChI=1S/C15H21BrN2O4S/c1-9(16)13(19)22-8-10(15(2,3)4)23-14-17-11(20-5)7-12(18-14)21-6/h7,10H,1,8H2,2-6H3. The number of esters is 1. The van der Waals surface area contributed by atoms with E-state index in [-0.39, 0.29) is 21.8 Å². The van der Waals surface area contributed by atoms with E-state index in [9.17, 15) is 4.79 Å². The summed E-state index contributed by atoms with van der Waals surface area (Å²) in [6.45, 7) is 9.87. The summed E-state index contributed by atoms with van der Waals surface area (Å²) in [7, 11) is 3.06. The molecule has 0 radical (unpaired) electrons. The van der Waals surface area contributed by atoms with Gasteiger partial charge in [-0.15, -0.1) is 0 Å². The Bertz CT molecular complexity index is 553. The van der Waals surface area contributed by atoms with E-state index in [1.807, 2.05) is 0 Å². The van der Waals surface area contributed by atoms with Crippen LogP contribution in [0.5, 0.6) is 11.8 Å². The van der Waals surface area contributed by atoms with Gasteiger partial charge in [0.25, 0.3) is 0 Å². The summed E-state index contributed by atoms with van der Waals surface area (Å²) in [6, 6.07) is 1.60. The molecule has 0 amide bonds. The van der Waals surface area contributed by atoms with E-state index in [4.69, 9.17) is 14.2 Å². The van der Waals surface area contributed by atoms with Gasteiger partial charge in [0.1, 0.15) is 6.61 Å². The molecule has 0 aliphatic heterocycles. The van der Waals surface area contributed by atoms with Gasteiger partial charge in [-0.2, -0.15) is 9.97 Å². The van der Waals surface area contributed by atoms with Crippen LogP contribution in [0.4, 0.5) is 0 Å². The number of aromatic nitrogens is 2. The Kier molecular flexibility index (Phi) is 7.34. The van der Waals surface area contributed by atoms with E-state index in [1.54, 1.807) is 6.07 Å². The molecule has 128 valence electrons. The summed E-state index contributed by atoms with van der Waals surface area (Å²) in [6.07, 6.45) is 0. The number of thioether (sulfide) groups is 1. The highest BCUT2D eigenvalue weighted by Gasteiger charge is 2.29. The number of ether oxygens (including phenoxy) is 3. The van der Waals surface area contributed by atoms with Crippen molar-refractivity contribution >= 4 is 33.7 Å².